The first-order chi connectivity index (χ1) is 26.4. The number of aryl methyl sites for hydroxylation is 2. The van der Waals surface area contributed by atoms with Crippen LogP contribution < -0.4 is 0 Å². The third kappa shape index (κ3) is 10.1. The summed E-state index contributed by atoms with van der Waals surface area (Å²) in [6, 6.07) is 21.9. The molecule has 0 bridgehead atoms. The Balaban J connectivity index is 0.000000248. The monoisotopic (exact) mass is 840 g/mol. The first kappa shape index (κ1) is 44.2. The van der Waals surface area contributed by atoms with Gasteiger partial charge in [-0.05, 0) is 59.0 Å². The number of rotatable bonds is 10. The summed E-state index contributed by atoms with van der Waals surface area (Å²) in [4.78, 5) is 19.8. The second kappa shape index (κ2) is 18.2. The van der Waals surface area contributed by atoms with Crippen LogP contribution in [0.5, 0.6) is 11.5 Å². The second-order valence-corrected chi connectivity index (χ2v) is 14.4. The van der Waals surface area contributed by atoms with Gasteiger partial charge in [-0.2, -0.15) is 0 Å². The van der Waals surface area contributed by atoms with Gasteiger partial charge in [0.1, 0.15) is 43.1 Å². The van der Waals surface area contributed by atoms with Gasteiger partial charge in [-0.1, -0.05) is 62.4 Å². The van der Waals surface area contributed by atoms with Crippen LogP contribution in [0.25, 0.3) is 21.5 Å². The van der Waals surface area contributed by atoms with E-state index in [0.29, 0.717) is 34.7 Å². The number of azo groups is 2. The molecule has 0 atom stereocenters. The SMILES string of the molecule is CCc1ccc([N+](=O)[O-])cc1N=Nc1c(O)ccc2cccc(S(=O)(=O)[O-])c12.CCc1ccc([N+](=O)[O-])cc1N=Nc1c(O)ccc2cccc(S(=O)(=O)[O-])c12.[Ca+2]. The van der Waals surface area contributed by atoms with E-state index in [2.05, 4.69) is 20.5 Å². The van der Waals surface area contributed by atoms with Gasteiger partial charge in [-0.3, -0.25) is 20.2 Å². The largest absolute Gasteiger partial charge is 2.00 e. The van der Waals surface area contributed by atoms with Gasteiger partial charge in [-0.15, -0.1) is 20.5 Å². The van der Waals surface area contributed by atoms with E-state index in [1.165, 1.54) is 60.7 Å². The third-order valence-electron chi connectivity index (χ3n) is 8.29. The average molecular weight is 841 g/mol. The number of benzene rings is 6. The van der Waals surface area contributed by atoms with Gasteiger partial charge in [0, 0.05) is 35.0 Å². The Morgan fingerprint density at radius 3 is 1.25 bits per heavy atom. The molecule has 6 aromatic rings. The smallest absolute Gasteiger partial charge is 0.744 e. The van der Waals surface area contributed by atoms with Gasteiger partial charge < -0.3 is 19.3 Å². The van der Waals surface area contributed by atoms with E-state index in [-0.39, 0.29) is 94.1 Å². The fraction of sp³-hybridized carbons (Fsp3) is 0.111. The minimum absolute atomic E-state index is 0. The van der Waals surface area contributed by atoms with Crippen molar-refractivity contribution in [1.29, 1.82) is 0 Å². The summed E-state index contributed by atoms with van der Waals surface area (Å²) in [7, 11) is -9.67. The normalized spacial score (nSPS) is 11.7. The zero-order valence-electron chi connectivity index (χ0n) is 29.8. The molecule has 0 saturated heterocycles. The van der Waals surface area contributed by atoms with E-state index in [1.807, 2.05) is 13.8 Å². The Kier molecular flexibility index (Phi) is 14.1. The minimum atomic E-state index is -4.83. The number of aromatic hydroxyl groups is 2. The Morgan fingerprint density at radius 2 is 0.930 bits per heavy atom. The van der Waals surface area contributed by atoms with E-state index >= 15 is 0 Å². The van der Waals surface area contributed by atoms with E-state index in [9.17, 15) is 56.4 Å². The molecule has 0 aliphatic heterocycles. The number of non-ortho nitro benzene ring substituents is 2. The molecular formula is C36H28CaN6O12S2. The standard InChI is InChI=1S/2C18H15N3O6S.Ca/c2*1-2-11-6-8-13(21(23)24)10-14(11)19-20-18-15(22)9-7-12-4-3-5-16(17(12)18)28(25,26)27;/h2*3-10,22H,2H2,1H3,(H,25,26,27);/q;;+2/p-2. The van der Waals surface area contributed by atoms with E-state index in [0.717, 1.165) is 12.1 Å². The maximum Gasteiger partial charge on any atom is 2.00 e. The topological polar surface area (TPSA) is 291 Å². The Hall–Kier alpha value is -5.48. The first-order valence-corrected chi connectivity index (χ1v) is 19.1. The van der Waals surface area contributed by atoms with Crippen LogP contribution in [-0.4, -0.2) is 83.7 Å². The van der Waals surface area contributed by atoms with Crippen LogP contribution >= 0.6 is 0 Å². The molecule has 0 amide bonds. The van der Waals surface area contributed by atoms with Crippen molar-refractivity contribution < 1.29 is 46.0 Å². The average Bonchev–Trinajstić information content (AvgIpc) is 3.15. The van der Waals surface area contributed by atoms with Crippen molar-refractivity contribution in [2.75, 3.05) is 0 Å². The maximum atomic E-state index is 11.6. The third-order valence-corrected chi connectivity index (χ3v) is 10.1. The number of nitrogens with zero attached hydrogens (tertiary/aromatic N) is 6. The van der Waals surface area contributed by atoms with E-state index < -0.39 is 39.9 Å². The van der Waals surface area contributed by atoms with Gasteiger partial charge in [0.2, 0.25) is 0 Å². The summed E-state index contributed by atoms with van der Waals surface area (Å²) in [6.07, 6.45) is 1.04. The van der Waals surface area contributed by atoms with Crippen LogP contribution in [0.1, 0.15) is 25.0 Å². The van der Waals surface area contributed by atoms with Crippen LogP contribution in [-0.2, 0) is 33.1 Å². The summed E-state index contributed by atoms with van der Waals surface area (Å²) >= 11 is 0. The molecule has 0 aliphatic carbocycles. The molecular weight excluding hydrogens is 813 g/mol. The maximum absolute atomic E-state index is 11.6. The molecule has 57 heavy (non-hydrogen) atoms. The van der Waals surface area contributed by atoms with Crippen molar-refractivity contribution in [1.82, 2.24) is 0 Å². The quantitative estimate of drug-likeness (QED) is 0.0433. The molecule has 2 N–H and O–H groups in total. The summed E-state index contributed by atoms with van der Waals surface area (Å²) in [6.45, 7) is 3.66. The van der Waals surface area contributed by atoms with Crippen molar-refractivity contribution in [3.05, 3.63) is 128 Å². The van der Waals surface area contributed by atoms with Gasteiger partial charge >= 0.3 is 37.7 Å². The molecule has 6 rings (SSSR count). The first-order valence-electron chi connectivity index (χ1n) is 16.2. The molecule has 0 spiro atoms. The molecule has 0 saturated carbocycles. The Labute approximate surface area is 354 Å². The number of phenolic OH excluding ortho intramolecular Hbond substituents is 2. The molecule has 0 radical (unpaired) electrons. The van der Waals surface area contributed by atoms with Crippen LogP contribution in [0.15, 0.2) is 127 Å². The molecule has 0 fully saturated rings. The summed E-state index contributed by atoms with van der Waals surface area (Å²) < 4.78 is 69.7. The van der Waals surface area contributed by atoms with E-state index in [1.54, 1.807) is 24.3 Å². The van der Waals surface area contributed by atoms with Gasteiger partial charge in [0.05, 0.1) is 31.0 Å². The van der Waals surface area contributed by atoms with Crippen LogP contribution in [0.2, 0.25) is 0 Å². The van der Waals surface area contributed by atoms with E-state index in [4.69, 9.17) is 0 Å². The number of phenols is 2. The fourth-order valence-corrected chi connectivity index (χ4v) is 6.99. The second-order valence-electron chi connectivity index (χ2n) is 11.7. The van der Waals surface area contributed by atoms with Crippen molar-refractivity contribution >= 4 is 114 Å². The Bertz CT molecular complexity index is 2640. The van der Waals surface area contributed by atoms with Gasteiger partial charge in [0.15, 0.2) is 0 Å². The molecule has 0 aromatic heterocycles. The molecule has 0 unspecified atom stereocenters. The molecule has 288 valence electrons. The molecule has 0 aliphatic rings. The number of hydrogen-bond acceptors (Lipinski definition) is 16. The van der Waals surface area contributed by atoms with Crippen LogP contribution in [0.3, 0.4) is 0 Å². The number of fused-ring (bicyclic) bond motifs is 2. The predicted molar refractivity (Wildman–Crippen MR) is 206 cm³/mol. The van der Waals surface area contributed by atoms with Gasteiger partial charge in [0.25, 0.3) is 11.4 Å². The molecule has 18 nitrogen and oxygen atoms in total. The van der Waals surface area contributed by atoms with Crippen molar-refractivity contribution in [2.24, 2.45) is 20.5 Å². The zero-order chi connectivity index (χ0) is 40.9. The van der Waals surface area contributed by atoms with Crippen molar-refractivity contribution in [3.8, 4) is 11.5 Å². The molecule has 6 aromatic carbocycles. The zero-order valence-corrected chi connectivity index (χ0v) is 33.7. The predicted octanol–water partition coefficient (Wildman–Crippen LogP) is 8.29. The number of hydrogen-bond donors (Lipinski definition) is 2. The Morgan fingerprint density at radius 1 is 0.561 bits per heavy atom. The molecule has 0 heterocycles. The van der Waals surface area contributed by atoms with Crippen LogP contribution in [0, 0.1) is 20.2 Å². The van der Waals surface area contributed by atoms with Crippen LogP contribution in [0.4, 0.5) is 34.1 Å². The fourth-order valence-electron chi connectivity index (χ4n) is 5.57. The summed E-state index contributed by atoms with van der Waals surface area (Å²) in [5, 5.41) is 58.8. The molecule has 21 heteroatoms. The minimum Gasteiger partial charge on any atom is -0.744 e. The van der Waals surface area contributed by atoms with Crippen molar-refractivity contribution in [2.45, 2.75) is 36.5 Å². The van der Waals surface area contributed by atoms with Crippen molar-refractivity contribution in [3.63, 3.8) is 0 Å². The number of nitro benzene ring substituents is 2. The summed E-state index contributed by atoms with van der Waals surface area (Å²) in [5.41, 5.74) is 0.969. The van der Waals surface area contributed by atoms with Gasteiger partial charge in [-0.25, -0.2) is 16.8 Å². The summed E-state index contributed by atoms with van der Waals surface area (Å²) in [5.74, 6) is -0.758. The number of nitro groups is 2.